The van der Waals surface area contributed by atoms with Gasteiger partial charge in [0.05, 0.1) is 11.1 Å². The van der Waals surface area contributed by atoms with Crippen molar-refractivity contribution >= 4 is 72.4 Å². The van der Waals surface area contributed by atoms with Gasteiger partial charge >= 0.3 is 5.97 Å². The third-order valence-corrected chi connectivity index (χ3v) is 7.62. The van der Waals surface area contributed by atoms with E-state index in [1.54, 1.807) is 30.3 Å². The summed E-state index contributed by atoms with van der Waals surface area (Å²) in [6.45, 7) is 2.44. The van der Waals surface area contributed by atoms with Gasteiger partial charge in [0.15, 0.2) is 17.2 Å². The van der Waals surface area contributed by atoms with Gasteiger partial charge in [-0.3, -0.25) is 0 Å². The van der Waals surface area contributed by atoms with Gasteiger partial charge in [0.25, 0.3) is 0 Å². The summed E-state index contributed by atoms with van der Waals surface area (Å²) in [6.07, 6.45) is 1.63. The summed E-state index contributed by atoms with van der Waals surface area (Å²) < 4.78 is 33.1. The SMILES string of the molecule is CCOc1cc(/C=C2\N=C(c3ccc(I)c(Br)c3)OC2=O)cc(Br)c1OCc1cccc(F)c1. The van der Waals surface area contributed by atoms with Crippen molar-refractivity contribution in [3.05, 3.63) is 95.3 Å². The monoisotopic (exact) mass is 699 g/mol. The highest BCUT2D eigenvalue weighted by atomic mass is 127. The zero-order chi connectivity index (χ0) is 24.2. The minimum atomic E-state index is -0.537. The molecule has 0 atom stereocenters. The molecular weight excluding hydrogens is 684 g/mol. The summed E-state index contributed by atoms with van der Waals surface area (Å²) in [6, 6.07) is 15.4. The normalized spacial score (nSPS) is 14.2. The lowest BCUT2D eigenvalue weighted by molar-refractivity contribution is -0.129. The third kappa shape index (κ3) is 5.87. The molecule has 1 aliphatic rings. The van der Waals surface area contributed by atoms with Crippen molar-refractivity contribution < 1.29 is 23.4 Å². The first kappa shape index (κ1) is 24.9. The molecule has 34 heavy (non-hydrogen) atoms. The van der Waals surface area contributed by atoms with Crippen molar-refractivity contribution in [2.45, 2.75) is 13.5 Å². The number of carbonyl (C=O) groups is 1. The first-order chi connectivity index (χ1) is 16.3. The van der Waals surface area contributed by atoms with Crippen LogP contribution in [0.15, 0.2) is 74.2 Å². The molecule has 3 aromatic rings. The Balaban J connectivity index is 1.61. The number of nitrogens with zero attached hydrogens (tertiary/aromatic N) is 1. The van der Waals surface area contributed by atoms with Crippen molar-refractivity contribution in [1.82, 2.24) is 0 Å². The van der Waals surface area contributed by atoms with Crippen LogP contribution in [0.1, 0.15) is 23.6 Å². The number of hydrogen-bond donors (Lipinski definition) is 0. The van der Waals surface area contributed by atoms with Crippen LogP contribution in [0.3, 0.4) is 0 Å². The molecule has 0 aliphatic carbocycles. The molecule has 3 aromatic carbocycles. The Hall–Kier alpha value is -2.24. The van der Waals surface area contributed by atoms with Gasteiger partial charge in [0, 0.05) is 13.6 Å². The molecule has 0 bridgehead atoms. The van der Waals surface area contributed by atoms with Crippen LogP contribution in [0.2, 0.25) is 0 Å². The lowest BCUT2D eigenvalue weighted by atomic mass is 10.1. The van der Waals surface area contributed by atoms with Crippen molar-refractivity contribution in [2.24, 2.45) is 4.99 Å². The standard InChI is InChI=1S/C25H17Br2FINO4/c1-2-32-22-11-15(9-19(27)23(22)33-13-14-4-3-5-17(28)8-14)10-21-25(31)34-24(30-21)16-6-7-20(29)18(26)12-16/h3-12H,2,13H2,1H3/b21-10-. The van der Waals surface area contributed by atoms with Crippen LogP contribution >= 0.6 is 54.5 Å². The molecule has 0 radical (unpaired) electrons. The minimum absolute atomic E-state index is 0.169. The van der Waals surface area contributed by atoms with E-state index in [4.69, 9.17) is 14.2 Å². The Morgan fingerprint density at radius 3 is 2.65 bits per heavy atom. The van der Waals surface area contributed by atoms with Gasteiger partial charge in [-0.15, -0.1) is 0 Å². The first-order valence-electron chi connectivity index (χ1n) is 10.2. The molecule has 174 valence electrons. The van der Waals surface area contributed by atoms with E-state index in [2.05, 4.69) is 59.4 Å². The summed E-state index contributed by atoms with van der Waals surface area (Å²) in [4.78, 5) is 16.8. The summed E-state index contributed by atoms with van der Waals surface area (Å²) in [5.41, 5.74) is 2.24. The molecule has 0 saturated heterocycles. The van der Waals surface area contributed by atoms with Gasteiger partial charge < -0.3 is 14.2 Å². The van der Waals surface area contributed by atoms with E-state index in [0.717, 1.165) is 8.04 Å². The van der Waals surface area contributed by atoms with Crippen molar-refractivity contribution in [3.8, 4) is 11.5 Å². The average molecular weight is 701 g/mol. The Morgan fingerprint density at radius 1 is 1.09 bits per heavy atom. The Kier molecular flexibility index (Phi) is 8.05. The van der Waals surface area contributed by atoms with Crippen LogP contribution in [0.25, 0.3) is 6.08 Å². The van der Waals surface area contributed by atoms with Crippen LogP contribution in [0, 0.1) is 9.39 Å². The second kappa shape index (κ2) is 11.0. The van der Waals surface area contributed by atoms with E-state index < -0.39 is 5.97 Å². The van der Waals surface area contributed by atoms with Crippen LogP contribution < -0.4 is 9.47 Å². The largest absolute Gasteiger partial charge is 0.490 e. The molecule has 0 fully saturated rings. The van der Waals surface area contributed by atoms with E-state index in [1.807, 2.05) is 25.1 Å². The van der Waals surface area contributed by atoms with Gasteiger partial charge in [-0.1, -0.05) is 12.1 Å². The van der Waals surface area contributed by atoms with Crippen LogP contribution in [0.5, 0.6) is 11.5 Å². The predicted octanol–water partition coefficient (Wildman–Crippen LogP) is 7.28. The topological polar surface area (TPSA) is 57.1 Å². The number of benzene rings is 3. The smallest absolute Gasteiger partial charge is 0.363 e. The maximum Gasteiger partial charge on any atom is 0.363 e. The summed E-state index contributed by atoms with van der Waals surface area (Å²) >= 11 is 9.20. The molecule has 0 N–H and O–H groups in total. The van der Waals surface area contributed by atoms with Crippen molar-refractivity contribution in [2.75, 3.05) is 6.61 Å². The van der Waals surface area contributed by atoms with Crippen molar-refractivity contribution in [1.29, 1.82) is 0 Å². The van der Waals surface area contributed by atoms with E-state index in [9.17, 15) is 9.18 Å². The molecule has 9 heteroatoms. The number of halogens is 4. The van der Waals surface area contributed by atoms with Crippen LogP contribution in [-0.4, -0.2) is 18.5 Å². The zero-order valence-corrected chi connectivity index (χ0v) is 23.1. The fourth-order valence-corrected chi connectivity index (χ4v) is 4.46. The van der Waals surface area contributed by atoms with Crippen LogP contribution in [0.4, 0.5) is 4.39 Å². The number of aliphatic imine (C=N–C) groups is 1. The number of ether oxygens (including phenoxy) is 3. The Bertz CT molecular complexity index is 1330. The van der Waals surface area contributed by atoms with E-state index in [-0.39, 0.29) is 24.0 Å². The summed E-state index contributed by atoms with van der Waals surface area (Å²) in [5.74, 6) is 0.346. The van der Waals surface area contributed by atoms with E-state index in [1.165, 1.54) is 12.1 Å². The molecule has 0 aromatic heterocycles. The highest BCUT2D eigenvalue weighted by Gasteiger charge is 2.25. The third-order valence-electron chi connectivity index (χ3n) is 4.69. The zero-order valence-electron chi connectivity index (χ0n) is 17.8. The molecule has 0 saturated carbocycles. The maximum absolute atomic E-state index is 13.5. The van der Waals surface area contributed by atoms with Gasteiger partial charge in [0.1, 0.15) is 12.4 Å². The number of esters is 1. The molecule has 5 nitrogen and oxygen atoms in total. The quantitative estimate of drug-likeness (QED) is 0.148. The second-order valence-corrected chi connectivity index (χ2v) is 10.0. The second-order valence-electron chi connectivity index (χ2n) is 7.15. The fourth-order valence-electron chi connectivity index (χ4n) is 3.18. The molecule has 0 unspecified atom stereocenters. The predicted molar refractivity (Wildman–Crippen MR) is 144 cm³/mol. The minimum Gasteiger partial charge on any atom is -0.490 e. The van der Waals surface area contributed by atoms with Crippen LogP contribution in [-0.2, 0) is 16.1 Å². The molecule has 1 aliphatic heterocycles. The maximum atomic E-state index is 13.5. The molecule has 0 amide bonds. The number of hydrogen-bond acceptors (Lipinski definition) is 5. The molecular formula is C25H17Br2FINO4. The molecule has 0 spiro atoms. The van der Waals surface area contributed by atoms with Gasteiger partial charge in [-0.05, 0) is 121 Å². The number of rotatable bonds is 7. The fraction of sp³-hybridized carbons (Fsp3) is 0.120. The van der Waals surface area contributed by atoms with Gasteiger partial charge in [-0.2, -0.15) is 0 Å². The average Bonchev–Trinajstić information content (AvgIpc) is 3.15. The number of carbonyl (C=O) groups excluding carboxylic acids is 1. The Labute approximate surface area is 226 Å². The van der Waals surface area contributed by atoms with E-state index >= 15 is 0 Å². The van der Waals surface area contributed by atoms with Crippen molar-refractivity contribution in [3.63, 3.8) is 0 Å². The first-order valence-corrected chi connectivity index (χ1v) is 12.8. The Morgan fingerprint density at radius 2 is 1.91 bits per heavy atom. The summed E-state index contributed by atoms with van der Waals surface area (Å²) in [7, 11) is 0. The lowest BCUT2D eigenvalue weighted by Crippen LogP contribution is -2.05. The van der Waals surface area contributed by atoms with Gasteiger partial charge in [0.2, 0.25) is 5.90 Å². The molecule has 4 rings (SSSR count). The van der Waals surface area contributed by atoms with E-state index in [0.29, 0.717) is 39.3 Å². The lowest BCUT2D eigenvalue weighted by Gasteiger charge is -2.15. The highest BCUT2D eigenvalue weighted by molar-refractivity contribution is 14.1. The number of cyclic esters (lactones) is 1. The highest BCUT2D eigenvalue weighted by Crippen LogP contribution is 2.38. The molecule has 1 heterocycles. The van der Waals surface area contributed by atoms with Gasteiger partial charge in [-0.25, -0.2) is 14.2 Å². The summed E-state index contributed by atoms with van der Waals surface area (Å²) in [5, 5.41) is 0.